The molecule has 0 rings (SSSR count). The lowest BCUT2D eigenvalue weighted by atomic mass is 10.2. The molecule has 0 saturated carbocycles. The summed E-state index contributed by atoms with van der Waals surface area (Å²) in [6.45, 7) is 3.70. The maximum Gasteiger partial charge on any atom is 0.0707 e. The molecule has 2 heteroatoms. The molecule has 0 heterocycles. The Labute approximate surface area is 44.7 Å². The van der Waals surface area contributed by atoms with Crippen LogP contribution in [-0.4, -0.2) is 19.3 Å². The van der Waals surface area contributed by atoms with E-state index in [1.807, 2.05) is 13.8 Å². The molecule has 0 aliphatic rings. The van der Waals surface area contributed by atoms with Gasteiger partial charge >= 0.3 is 0 Å². The average Bonchev–Trinajstić information content (AvgIpc) is 1.65. The van der Waals surface area contributed by atoms with Crippen molar-refractivity contribution in [3.63, 3.8) is 0 Å². The molecule has 1 radical (unpaired) electrons. The standard InChI is InChI=1S/C5H12NO/c1-4(6)5(2)7-3/h4-6H,1-3H3/t4?,5-/m0/s1. The molecule has 1 N–H and O–H groups in total. The van der Waals surface area contributed by atoms with E-state index in [-0.39, 0.29) is 12.1 Å². The van der Waals surface area contributed by atoms with Crippen LogP contribution in [0.15, 0.2) is 0 Å². The van der Waals surface area contributed by atoms with Crippen molar-refractivity contribution in [3.05, 3.63) is 0 Å². The van der Waals surface area contributed by atoms with Crippen LogP contribution >= 0.6 is 0 Å². The van der Waals surface area contributed by atoms with Gasteiger partial charge in [-0.1, -0.05) is 0 Å². The third-order valence-electron chi connectivity index (χ3n) is 1.08. The number of nitrogens with one attached hydrogen (secondary N) is 1. The highest BCUT2D eigenvalue weighted by molar-refractivity contribution is 4.59. The van der Waals surface area contributed by atoms with Crippen molar-refractivity contribution in [2.45, 2.75) is 26.0 Å². The Bertz CT molecular complexity index is 45.3. The lowest BCUT2D eigenvalue weighted by Crippen LogP contribution is -2.22. The van der Waals surface area contributed by atoms with Crippen LogP contribution in [0, 0.1) is 0 Å². The summed E-state index contributed by atoms with van der Waals surface area (Å²) in [5.74, 6) is 0. The highest BCUT2D eigenvalue weighted by Gasteiger charge is 2.03. The van der Waals surface area contributed by atoms with E-state index < -0.39 is 0 Å². The minimum Gasteiger partial charge on any atom is -0.380 e. The number of hydrogen-bond donors (Lipinski definition) is 0. The fraction of sp³-hybridized carbons (Fsp3) is 1.00. The molecule has 0 aromatic rings. The molecule has 1 unspecified atom stereocenters. The van der Waals surface area contributed by atoms with Crippen LogP contribution in [0.4, 0.5) is 0 Å². The number of ether oxygens (including phenoxy) is 1. The van der Waals surface area contributed by atoms with Gasteiger partial charge < -0.3 is 4.74 Å². The van der Waals surface area contributed by atoms with E-state index in [1.165, 1.54) is 0 Å². The molecule has 0 aliphatic carbocycles. The average molecular weight is 102 g/mol. The van der Waals surface area contributed by atoms with E-state index in [9.17, 15) is 0 Å². The van der Waals surface area contributed by atoms with Gasteiger partial charge in [0.1, 0.15) is 0 Å². The van der Waals surface area contributed by atoms with Gasteiger partial charge in [0.25, 0.3) is 0 Å². The molecule has 0 aromatic heterocycles. The predicted octanol–water partition coefficient (Wildman–Crippen LogP) is 0.693. The maximum absolute atomic E-state index is 7.06. The Kier molecular flexibility index (Phi) is 2.96. The monoisotopic (exact) mass is 102 g/mol. The smallest absolute Gasteiger partial charge is 0.0707 e. The molecule has 2 atom stereocenters. The Morgan fingerprint density at radius 1 is 1.43 bits per heavy atom. The summed E-state index contributed by atoms with van der Waals surface area (Å²) in [5, 5.41) is 0. The van der Waals surface area contributed by atoms with Gasteiger partial charge in [0.2, 0.25) is 0 Å². The van der Waals surface area contributed by atoms with Crippen molar-refractivity contribution in [2.24, 2.45) is 0 Å². The second kappa shape index (κ2) is 2.99. The van der Waals surface area contributed by atoms with Crippen LogP contribution in [0.2, 0.25) is 0 Å². The zero-order valence-electron chi connectivity index (χ0n) is 5.06. The van der Waals surface area contributed by atoms with Crippen LogP contribution in [-0.2, 0) is 4.74 Å². The number of rotatable bonds is 2. The third kappa shape index (κ3) is 2.60. The Hall–Kier alpha value is -0.0800. The second-order valence-electron chi connectivity index (χ2n) is 1.73. The van der Waals surface area contributed by atoms with Crippen molar-refractivity contribution >= 4 is 0 Å². The molecule has 0 saturated heterocycles. The summed E-state index contributed by atoms with van der Waals surface area (Å²) < 4.78 is 4.82. The van der Waals surface area contributed by atoms with Crippen LogP contribution in [0.5, 0.6) is 0 Å². The van der Waals surface area contributed by atoms with Gasteiger partial charge in [-0.3, -0.25) is 5.73 Å². The highest BCUT2D eigenvalue weighted by atomic mass is 16.5. The second-order valence-corrected chi connectivity index (χ2v) is 1.73. The van der Waals surface area contributed by atoms with Gasteiger partial charge in [0.05, 0.1) is 6.10 Å². The van der Waals surface area contributed by atoms with Gasteiger partial charge in [0.15, 0.2) is 0 Å². The summed E-state index contributed by atoms with van der Waals surface area (Å²) in [6, 6.07) is -0.106. The van der Waals surface area contributed by atoms with E-state index in [2.05, 4.69) is 0 Å². The molecule has 0 aliphatic heterocycles. The predicted molar refractivity (Wildman–Crippen MR) is 29.0 cm³/mol. The molecule has 2 nitrogen and oxygen atoms in total. The van der Waals surface area contributed by atoms with Crippen molar-refractivity contribution < 1.29 is 4.74 Å². The first-order chi connectivity index (χ1) is 3.18. The minimum atomic E-state index is -0.106. The van der Waals surface area contributed by atoms with Gasteiger partial charge in [-0.15, -0.1) is 0 Å². The van der Waals surface area contributed by atoms with Gasteiger partial charge in [-0.05, 0) is 13.8 Å². The van der Waals surface area contributed by atoms with E-state index in [4.69, 9.17) is 10.5 Å². The lowest BCUT2D eigenvalue weighted by Gasteiger charge is -2.10. The number of hydrogen-bond acceptors (Lipinski definition) is 1. The van der Waals surface area contributed by atoms with E-state index >= 15 is 0 Å². The SMILES string of the molecule is CO[C@@H](C)C(C)[NH]. The first-order valence-corrected chi connectivity index (χ1v) is 2.42. The molecule has 0 bridgehead atoms. The Morgan fingerprint density at radius 3 is 1.86 bits per heavy atom. The first-order valence-electron chi connectivity index (χ1n) is 2.42. The van der Waals surface area contributed by atoms with Crippen molar-refractivity contribution in [1.29, 1.82) is 0 Å². The molecular formula is C5H12NO. The van der Waals surface area contributed by atoms with Gasteiger partial charge in [-0.25, -0.2) is 0 Å². The first kappa shape index (κ1) is 6.92. The van der Waals surface area contributed by atoms with Crippen molar-refractivity contribution in [2.75, 3.05) is 7.11 Å². The lowest BCUT2D eigenvalue weighted by molar-refractivity contribution is 0.0986. The minimum absolute atomic E-state index is 0.0694. The quantitative estimate of drug-likeness (QED) is 0.505. The van der Waals surface area contributed by atoms with Crippen LogP contribution < -0.4 is 5.73 Å². The summed E-state index contributed by atoms with van der Waals surface area (Å²) in [5.41, 5.74) is 7.06. The highest BCUT2D eigenvalue weighted by Crippen LogP contribution is 1.91. The van der Waals surface area contributed by atoms with Crippen molar-refractivity contribution in [1.82, 2.24) is 5.73 Å². The fourth-order valence-electron chi connectivity index (χ4n) is 0.204. The zero-order chi connectivity index (χ0) is 5.86. The van der Waals surface area contributed by atoms with Crippen LogP contribution in [0.25, 0.3) is 0 Å². The normalized spacial score (nSPS) is 18.9. The zero-order valence-corrected chi connectivity index (χ0v) is 5.06. The molecule has 7 heavy (non-hydrogen) atoms. The fourth-order valence-corrected chi connectivity index (χ4v) is 0.204. The Morgan fingerprint density at radius 2 is 1.86 bits per heavy atom. The molecule has 43 valence electrons. The van der Waals surface area contributed by atoms with E-state index in [0.717, 1.165) is 0 Å². The van der Waals surface area contributed by atoms with E-state index in [0.29, 0.717) is 0 Å². The van der Waals surface area contributed by atoms with E-state index in [1.54, 1.807) is 7.11 Å². The molecular weight excluding hydrogens is 90.1 g/mol. The Balaban J connectivity index is 3.14. The summed E-state index contributed by atoms with van der Waals surface area (Å²) in [4.78, 5) is 0. The summed E-state index contributed by atoms with van der Waals surface area (Å²) >= 11 is 0. The topological polar surface area (TPSA) is 33.0 Å². The maximum atomic E-state index is 7.06. The third-order valence-corrected chi connectivity index (χ3v) is 1.08. The molecule has 0 spiro atoms. The van der Waals surface area contributed by atoms with Gasteiger partial charge in [-0.2, -0.15) is 0 Å². The summed E-state index contributed by atoms with van der Waals surface area (Å²) in [6.07, 6.45) is 0.0694. The molecule has 0 fully saturated rings. The van der Waals surface area contributed by atoms with Gasteiger partial charge in [0, 0.05) is 13.2 Å². The largest absolute Gasteiger partial charge is 0.380 e. The van der Waals surface area contributed by atoms with Crippen molar-refractivity contribution in [3.8, 4) is 0 Å². The van der Waals surface area contributed by atoms with Crippen LogP contribution in [0.3, 0.4) is 0 Å². The molecule has 0 amide bonds. The number of methoxy groups -OCH3 is 1. The summed E-state index contributed by atoms with van der Waals surface area (Å²) in [7, 11) is 1.62. The molecule has 0 aromatic carbocycles. The van der Waals surface area contributed by atoms with Crippen LogP contribution in [0.1, 0.15) is 13.8 Å².